The first kappa shape index (κ1) is 25.4. The van der Waals surface area contributed by atoms with Gasteiger partial charge in [-0.15, -0.1) is 0 Å². The molecule has 0 N–H and O–H groups in total. The highest BCUT2D eigenvalue weighted by Gasteiger charge is 2.39. The van der Waals surface area contributed by atoms with E-state index < -0.39 is 0 Å². The first-order valence-electron chi connectivity index (χ1n) is 14.2. The molecule has 7 rings (SSSR count). The van der Waals surface area contributed by atoms with Gasteiger partial charge in [-0.3, -0.25) is 0 Å². The van der Waals surface area contributed by atoms with Crippen molar-refractivity contribution in [2.75, 3.05) is 0 Å². The van der Waals surface area contributed by atoms with Crippen LogP contribution < -0.4 is 37.5 Å². The van der Waals surface area contributed by atoms with Crippen molar-refractivity contribution in [1.29, 1.82) is 0 Å². The minimum Gasteiger partial charge on any atom is -0.458 e. The average Bonchev–Trinajstić information content (AvgIpc) is 2.90. The van der Waals surface area contributed by atoms with Crippen LogP contribution >= 0.6 is 11.8 Å². The lowest BCUT2D eigenvalue weighted by Gasteiger charge is -2.33. The summed E-state index contributed by atoms with van der Waals surface area (Å²) in [6, 6.07) is 31.6. The van der Waals surface area contributed by atoms with Crippen molar-refractivity contribution in [3.63, 3.8) is 0 Å². The first-order valence-corrected chi connectivity index (χ1v) is 15.0. The fourth-order valence-corrected chi connectivity index (χ4v) is 8.50. The van der Waals surface area contributed by atoms with Crippen LogP contribution in [0, 0.1) is 41.5 Å². The summed E-state index contributed by atoms with van der Waals surface area (Å²) in [7, 11) is 0. The number of rotatable bonds is 2. The van der Waals surface area contributed by atoms with Gasteiger partial charge in [0.05, 0.1) is 0 Å². The van der Waals surface area contributed by atoms with Gasteiger partial charge in [0.1, 0.15) is 11.5 Å². The van der Waals surface area contributed by atoms with Gasteiger partial charge in [-0.1, -0.05) is 128 Å². The smallest absolute Gasteiger partial charge is 0.251 e. The van der Waals surface area contributed by atoms with Crippen LogP contribution in [0.2, 0.25) is 0 Å². The van der Waals surface area contributed by atoms with Gasteiger partial charge in [0.25, 0.3) is 6.71 Å². The summed E-state index contributed by atoms with van der Waals surface area (Å²) in [5.74, 6) is 1.94. The predicted molar refractivity (Wildman–Crippen MR) is 174 cm³/mol. The Morgan fingerprint density at radius 3 is 1.62 bits per heavy atom. The predicted octanol–water partition coefficient (Wildman–Crippen LogP) is 5.14. The van der Waals surface area contributed by atoms with Crippen LogP contribution in [0.3, 0.4) is 0 Å². The van der Waals surface area contributed by atoms with E-state index in [4.69, 9.17) is 4.74 Å². The molecule has 1 nitrogen and oxygen atoms in total. The SMILES string of the molecule is Cc1cc(C)c(B2c3ccccc3Oc3cc4c(cc32)Sc2ccccc2B4c2c(C)cc(C)cc2C)c(C)c1. The maximum Gasteiger partial charge on any atom is 0.251 e. The molecule has 0 aliphatic carbocycles. The van der Waals surface area contributed by atoms with Crippen molar-refractivity contribution in [3.05, 3.63) is 118 Å². The van der Waals surface area contributed by atoms with Crippen molar-refractivity contribution in [3.8, 4) is 11.5 Å². The number of fused-ring (bicyclic) bond motifs is 4. The lowest BCUT2D eigenvalue weighted by molar-refractivity contribution is 0.487. The summed E-state index contributed by atoms with van der Waals surface area (Å²) in [5, 5.41) is 0. The van der Waals surface area contributed by atoms with E-state index in [1.165, 1.54) is 75.9 Å². The normalized spacial score (nSPS) is 13.2. The lowest BCUT2D eigenvalue weighted by Crippen LogP contribution is -2.59. The summed E-state index contributed by atoms with van der Waals surface area (Å²) in [4.78, 5) is 2.67. The largest absolute Gasteiger partial charge is 0.458 e. The molecule has 4 heteroatoms. The second-order valence-electron chi connectivity index (χ2n) is 11.7. The molecule has 194 valence electrons. The Morgan fingerprint density at radius 2 is 1.00 bits per heavy atom. The molecule has 0 saturated carbocycles. The minimum atomic E-state index is 0.130. The monoisotopic (exact) mass is 534 g/mol. The molecule has 5 aromatic carbocycles. The Morgan fingerprint density at radius 1 is 0.475 bits per heavy atom. The minimum absolute atomic E-state index is 0.130. The standard InChI is InChI=1S/C36H32B2OS/c1-21-15-23(3)35(24(4)16-21)37-27-11-7-9-13-31(27)39-32-19-30-34(20-29(32)37)40-33-14-10-8-12-28(33)38(30)36-25(5)17-22(2)18-26(36)6/h7-20H,1-6H3. The molecule has 2 aliphatic heterocycles. The fraction of sp³-hybridized carbons (Fsp3) is 0.167. The molecular formula is C36H32B2OS. The molecule has 2 heterocycles. The molecule has 0 amide bonds. The number of aryl methyl sites for hydroxylation is 6. The molecule has 0 spiro atoms. The Bertz CT molecular complexity index is 1660. The van der Waals surface area contributed by atoms with Gasteiger partial charge < -0.3 is 4.74 Å². The van der Waals surface area contributed by atoms with E-state index in [1.807, 2.05) is 11.8 Å². The highest BCUT2D eigenvalue weighted by molar-refractivity contribution is 8.00. The molecule has 5 aromatic rings. The van der Waals surface area contributed by atoms with Crippen LogP contribution in [0.15, 0.2) is 94.7 Å². The molecule has 0 atom stereocenters. The van der Waals surface area contributed by atoms with Crippen LogP contribution in [-0.2, 0) is 0 Å². The molecule has 0 saturated heterocycles. The van der Waals surface area contributed by atoms with Crippen molar-refractivity contribution >= 4 is 58.0 Å². The van der Waals surface area contributed by atoms with E-state index in [2.05, 4.69) is 126 Å². The van der Waals surface area contributed by atoms with E-state index in [0.29, 0.717) is 0 Å². The average molecular weight is 534 g/mol. The third-order valence-corrected chi connectivity index (χ3v) is 9.88. The van der Waals surface area contributed by atoms with E-state index in [1.54, 1.807) is 0 Å². The molecule has 0 aromatic heterocycles. The zero-order chi connectivity index (χ0) is 27.7. The zero-order valence-electron chi connectivity index (χ0n) is 24.1. The Balaban J connectivity index is 1.50. The van der Waals surface area contributed by atoms with Crippen LogP contribution in [0.25, 0.3) is 0 Å². The Hall–Kier alpha value is -3.62. The topological polar surface area (TPSA) is 9.23 Å². The highest BCUT2D eigenvalue weighted by atomic mass is 32.2. The van der Waals surface area contributed by atoms with E-state index in [-0.39, 0.29) is 13.4 Å². The van der Waals surface area contributed by atoms with Gasteiger partial charge in [0.2, 0.25) is 6.71 Å². The van der Waals surface area contributed by atoms with Gasteiger partial charge in [0.15, 0.2) is 0 Å². The van der Waals surface area contributed by atoms with E-state index in [9.17, 15) is 0 Å². The molecule has 0 fully saturated rings. The zero-order valence-corrected chi connectivity index (χ0v) is 24.9. The Labute approximate surface area is 243 Å². The van der Waals surface area contributed by atoms with E-state index >= 15 is 0 Å². The lowest BCUT2D eigenvalue weighted by atomic mass is 9.33. The van der Waals surface area contributed by atoms with Crippen LogP contribution in [0.4, 0.5) is 0 Å². The van der Waals surface area contributed by atoms with Gasteiger partial charge in [-0.25, -0.2) is 0 Å². The first-order chi connectivity index (χ1) is 19.3. The summed E-state index contributed by atoms with van der Waals surface area (Å²) in [6.07, 6.45) is 0. The summed E-state index contributed by atoms with van der Waals surface area (Å²) in [6.45, 7) is 13.7. The van der Waals surface area contributed by atoms with Crippen molar-refractivity contribution in [2.45, 2.75) is 51.3 Å². The van der Waals surface area contributed by atoms with Crippen molar-refractivity contribution < 1.29 is 4.74 Å². The number of para-hydroxylation sites is 1. The quantitative estimate of drug-likeness (QED) is 0.284. The van der Waals surface area contributed by atoms with Crippen LogP contribution in [-0.4, -0.2) is 13.4 Å². The Kier molecular flexibility index (Phi) is 6.02. The molecule has 2 aliphatic rings. The maximum absolute atomic E-state index is 6.74. The van der Waals surface area contributed by atoms with Crippen LogP contribution in [0.1, 0.15) is 33.4 Å². The van der Waals surface area contributed by atoms with Crippen molar-refractivity contribution in [2.24, 2.45) is 0 Å². The third kappa shape index (κ3) is 3.96. The molecule has 0 radical (unpaired) electrons. The summed E-state index contributed by atoms with van der Waals surface area (Å²) >= 11 is 1.90. The van der Waals surface area contributed by atoms with Crippen LogP contribution in [0.5, 0.6) is 11.5 Å². The maximum atomic E-state index is 6.74. The van der Waals surface area contributed by atoms with Gasteiger partial charge in [0, 0.05) is 9.79 Å². The summed E-state index contributed by atoms with van der Waals surface area (Å²) in [5.41, 5.74) is 16.0. The number of benzene rings is 5. The number of hydrogen-bond donors (Lipinski definition) is 0. The highest BCUT2D eigenvalue weighted by Crippen LogP contribution is 2.34. The van der Waals surface area contributed by atoms with Crippen molar-refractivity contribution in [1.82, 2.24) is 0 Å². The van der Waals surface area contributed by atoms with E-state index in [0.717, 1.165) is 11.5 Å². The van der Waals surface area contributed by atoms with Gasteiger partial charge in [-0.2, -0.15) is 0 Å². The number of ether oxygens (including phenoxy) is 1. The molecule has 0 bridgehead atoms. The summed E-state index contributed by atoms with van der Waals surface area (Å²) < 4.78 is 6.74. The number of hydrogen-bond acceptors (Lipinski definition) is 2. The fourth-order valence-electron chi connectivity index (χ4n) is 7.33. The molecular weight excluding hydrogens is 502 g/mol. The second-order valence-corrected chi connectivity index (χ2v) is 12.8. The van der Waals surface area contributed by atoms with Gasteiger partial charge in [-0.05, 0) is 76.7 Å². The third-order valence-electron chi connectivity index (χ3n) is 8.72. The second kappa shape index (κ2) is 9.49. The molecule has 40 heavy (non-hydrogen) atoms. The van der Waals surface area contributed by atoms with Gasteiger partial charge >= 0.3 is 0 Å². The molecule has 0 unspecified atom stereocenters.